The average molecular weight is 392 g/mol. The highest BCUT2D eigenvalue weighted by Gasteiger charge is 2.02. The summed E-state index contributed by atoms with van der Waals surface area (Å²) in [5, 5.41) is 4.43. The minimum absolute atomic E-state index is 0.782. The number of benzene rings is 2. The van der Waals surface area contributed by atoms with Gasteiger partial charge in [-0.2, -0.15) is 5.10 Å². The van der Waals surface area contributed by atoms with Gasteiger partial charge < -0.3 is 0 Å². The Labute approximate surface area is 134 Å². The third-order valence-electron chi connectivity index (χ3n) is 3.07. The van der Waals surface area contributed by atoms with Crippen molar-refractivity contribution in [2.75, 3.05) is 0 Å². The van der Waals surface area contributed by atoms with Crippen molar-refractivity contribution in [3.8, 4) is 11.1 Å². The van der Waals surface area contributed by atoms with E-state index in [4.69, 9.17) is 0 Å². The minimum Gasteiger partial charge on any atom is -0.268 e. The van der Waals surface area contributed by atoms with Crippen molar-refractivity contribution in [2.24, 2.45) is 0 Å². The van der Waals surface area contributed by atoms with Crippen LogP contribution < -0.4 is 0 Å². The first-order chi connectivity index (χ1) is 9.70. The molecule has 0 saturated heterocycles. The molecule has 0 bridgehead atoms. The molecular formula is C16H12Br2N2. The Morgan fingerprint density at radius 2 is 1.40 bits per heavy atom. The Bertz CT molecular complexity index is 700. The van der Waals surface area contributed by atoms with Crippen LogP contribution >= 0.6 is 31.9 Å². The summed E-state index contributed by atoms with van der Waals surface area (Å²) in [7, 11) is 0. The lowest BCUT2D eigenvalue weighted by atomic mass is 10.1. The smallest absolute Gasteiger partial charge is 0.0659 e. The first-order valence-corrected chi connectivity index (χ1v) is 7.82. The van der Waals surface area contributed by atoms with Gasteiger partial charge in [0.2, 0.25) is 0 Å². The summed E-state index contributed by atoms with van der Waals surface area (Å²) < 4.78 is 4.14. The van der Waals surface area contributed by atoms with Crippen molar-refractivity contribution >= 4 is 31.9 Å². The molecule has 20 heavy (non-hydrogen) atoms. The van der Waals surface area contributed by atoms with Crippen molar-refractivity contribution in [1.29, 1.82) is 0 Å². The number of halogens is 2. The van der Waals surface area contributed by atoms with E-state index >= 15 is 0 Å². The maximum Gasteiger partial charge on any atom is 0.0659 e. The van der Waals surface area contributed by atoms with Crippen LogP contribution in [0, 0.1) is 0 Å². The fraction of sp³-hybridized carbons (Fsp3) is 0.0625. The summed E-state index contributed by atoms with van der Waals surface area (Å²) in [6.07, 6.45) is 3.98. The van der Waals surface area contributed by atoms with Crippen LogP contribution in [0.25, 0.3) is 11.1 Å². The molecule has 1 aromatic heterocycles. The maximum atomic E-state index is 4.43. The third kappa shape index (κ3) is 3.19. The Morgan fingerprint density at radius 3 is 2.05 bits per heavy atom. The minimum atomic E-state index is 0.782. The summed E-state index contributed by atoms with van der Waals surface area (Å²) in [4.78, 5) is 0. The zero-order valence-corrected chi connectivity index (χ0v) is 13.8. The number of aromatic nitrogens is 2. The zero-order chi connectivity index (χ0) is 13.9. The van der Waals surface area contributed by atoms with Gasteiger partial charge in [0.15, 0.2) is 0 Å². The summed E-state index contributed by atoms with van der Waals surface area (Å²) in [6, 6.07) is 16.6. The number of hydrogen-bond donors (Lipinski definition) is 0. The van der Waals surface area contributed by atoms with Gasteiger partial charge in [-0.05, 0) is 35.4 Å². The quantitative estimate of drug-likeness (QED) is 0.605. The van der Waals surface area contributed by atoms with Gasteiger partial charge in [-0.3, -0.25) is 4.68 Å². The van der Waals surface area contributed by atoms with Gasteiger partial charge in [0.1, 0.15) is 0 Å². The fourth-order valence-corrected chi connectivity index (χ4v) is 2.55. The Kier molecular flexibility index (Phi) is 4.03. The standard InChI is InChI=1S/C16H12Br2N2/c17-15-5-1-12(2-6-15)10-20-11-14(9-19-20)13-3-7-16(18)8-4-13/h1-9,11H,10H2. The van der Waals surface area contributed by atoms with Crippen LogP contribution in [0.5, 0.6) is 0 Å². The molecule has 2 aromatic carbocycles. The van der Waals surface area contributed by atoms with E-state index in [1.807, 2.05) is 23.0 Å². The second kappa shape index (κ2) is 5.94. The Balaban J connectivity index is 1.80. The lowest BCUT2D eigenvalue weighted by Gasteiger charge is -2.02. The van der Waals surface area contributed by atoms with Crippen LogP contribution in [0.3, 0.4) is 0 Å². The molecule has 0 N–H and O–H groups in total. The first-order valence-electron chi connectivity index (χ1n) is 6.23. The predicted octanol–water partition coefficient (Wildman–Crippen LogP) is 5.12. The van der Waals surface area contributed by atoms with Gasteiger partial charge in [-0.1, -0.05) is 56.1 Å². The monoisotopic (exact) mass is 390 g/mol. The largest absolute Gasteiger partial charge is 0.268 e. The molecule has 100 valence electrons. The van der Waals surface area contributed by atoms with Crippen molar-refractivity contribution in [3.05, 3.63) is 75.4 Å². The molecule has 3 rings (SSSR count). The second-order valence-electron chi connectivity index (χ2n) is 4.56. The van der Waals surface area contributed by atoms with Crippen molar-refractivity contribution in [3.63, 3.8) is 0 Å². The Morgan fingerprint density at radius 1 is 0.800 bits per heavy atom. The molecule has 0 spiro atoms. The van der Waals surface area contributed by atoms with Gasteiger partial charge in [-0.25, -0.2) is 0 Å². The maximum absolute atomic E-state index is 4.43. The van der Waals surface area contributed by atoms with E-state index < -0.39 is 0 Å². The summed E-state index contributed by atoms with van der Waals surface area (Å²) in [6.45, 7) is 0.782. The highest BCUT2D eigenvalue weighted by Crippen LogP contribution is 2.21. The van der Waals surface area contributed by atoms with Crippen LogP contribution in [0.15, 0.2) is 69.9 Å². The molecule has 0 aliphatic carbocycles. The summed E-state index contributed by atoms with van der Waals surface area (Å²) in [5.74, 6) is 0. The molecule has 0 aliphatic rings. The topological polar surface area (TPSA) is 17.8 Å². The molecule has 2 nitrogen and oxygen atoms in total. The third-order valence-corrected chi connectivity index (χ3v) is 4.13. The molecule has 3 aromatic rings. The first kappa shape index (κ1) is 13.6. The summed E-state index contributed by atoms with van der Waals surface area (Å²) in [5.41, 5.74) is 3.54. The molecule has 0 saturated carbocycles. The second-order valence-corrected chi connectivity index (χ2v) is 6.39. The van der Waals surface area contributed by atoms with Gasteiger partial charge in [-0.15, -0.1) is 0 Å². The average Bonchev–Trinajstić information content (AvgIpc) is 2.91. The van der Waals surface area contributed by atoms with Crippen LogP contribution in [0.4, 0.5) is 0 Å². The highest BCUT2D eigenvalue weighted by molar-refractivity contribution is 9.10. The van der Waals surface area contributed by atoms with E-state index in [1.165, 1.54) is 11.1 Å². The number of rotatable bonds is 3. The molecular weight excluding hydrogens is 380 g/mol. The van der Waals surface area contributed by atoms with Crippen LogP contribution in [-0.4, -0.2) is 9.78 Å². The van der Waals surface area contributed by atoms with Crippen LogP contribution in [0.1, 0.15) is 5.56 Å². The molecule has 0 fully saturated rings. The number of hydrogen-bond acceptors (Lipinski definition) is 1. The van der Waals surface area contributed by atoms with Crippen LogP contribution in [0.2, 0.25) is 0 Å². The predicted molar refractivity (Wildman–Crippen MR) is 88.6 cm³/mol. The van der Waals surface area contributed by atoms with Crippen molar-refractivity contribution in [2.45, 2.75) is 6.54 Å². The normalized spacial score (nSPS) is 10.7. The highest BCUT2D eigenvalue weighted by atomic mass is 79.9. The van der Waals surface area contributed by atoms with E-state index in [1.54, 1.807) is 0 Å². The van der Waals surface area contributed by atoms with Crippen molar-refractivity contribution < 1.29 is 0 Å². The van der Waals surface area contributed by atoms with Crippen LogP contribution in [-0.2, 0) is 6.54 Å². The van der Waals surface area contributed by atoms with E-state index in [9.17, 15) is 0 Å². The Hall–Kier alpha value is -1.39. The van der Waals surface area contributed by atoms with E-state index in [-0.39, 0.29) is 0 Å². The summed E-state index contributed by atoms with van der Waals surface area (Å²) >= 11 is 6.89. The lowest BCUT2D eigenvalue weighted by molar-refractivity contribution is 0.687. The SMILES string of the molecule is Brc1ccc(Cn2cc(-c3ccc(Br)cc3)cn2)cc1. The van der Waals surface area contributed by atoms with E-state index in [0.717, 1.165) is 21.1 Å². The van der Waals surface area contributed by atoms with E-state index in [2.05, 4.69) is 79.6 Å². The number of nitrogens with zero attached hydrogens (tertiary/aromatic N) is 2. The zero-order valence-electron chi connectivity index (χ0n) is 10.6. The molecule has 4 heteroatoms. The molecule has 0 atom stereocenters. The van der Waals surface area contributed by atoms with Gasteiger partial charge in [0, 0.05) is 20.7 Å². The lowest BCUT2D eigenvalue weighted by Crippen LogP contribution is -1.99. The fourth-order valence-electron chi connectivity index (χ4n) is 2.02. The van der Waals surface area contributed by atoms with Gasteiger partial charge in [0.25, 0.3) is 0 Å². The molecule has 1 heterocycles. The van der Waals surface area contributed by atoms with Crippen molar-refractivity contribution in [1.82, 2.24) is 9.78 Å². The molecule has 0 radical (unpaired) electrons. The van der Waals surface area contributed by atoms with Gasteiger partial charge >= 0.3 is 0 Å². The van der Waals surface area contributed by atoms with E-state index in [0.29, 0.717) is 0 Å². The van der Waals surface area contributed by atoms with Gasteiger partial charge in [0.05, 0.1) is 12.7 Å². The molecule has 0 aliphatic heterocycles. The molecule has 0 unspecified atom stereocenters. The molecule has 0 amide bonds.